The first kappa shape index (κ1) is 18.0. The number of piperidine rings is 1. The lowest BCUT2D eigenvalue weighted by atomic mass is 9.96. The number of hydrogen-bond donors (Lipinski definition) is 3. The Morgan fingerprint density at radius 3 is 2.57 bits per heavy atom. The Kier molecular flexibility index (Phi) is 7.72. The van der Waals surface area contributed by atoms with Gasteiger partial charge in [-0.25, -0.2) is 0 Å². The molecule has 0 bridgehead atoms. The van der Waals surface area contributed by atoms with Crippen LogP contribution in [0.3, 0.4) is 0 Å². The molecule has 0 aromatic rings. The van der Waals surface area contributed by atoms with Gasteiger partial charge in [0, 0.05) is 24.9 Å². The molecule has 0 radical (unpaired) electrons. The molecule has 1 aliphatic heterocycles. The van der Waals surface area contributed by atoms with Crippen LogP contribution in [0.15, 0.2) is 0 Å². The van der Waals surface area contributed by atoms with Crippen LogP contribution in [0.4, 0.5) is 0 Å². The lowest BCUT2D eigenvalue weighted by Crippen LogP contribution is -2.36. The van der Waals surface area contributed by atoms with Crippen LogP contribution in [-0.4, -0.2) is 38.0 Å². The number of nitrogens with one attached hydrogen (secondary N) is 3. The molecule has 3 N–H and O–H groups in total. The molecule has 2 amide bonds. The van der Waals surface area contributed by atoms with Crippen LogP contribution in [0.2, 0.25) is 0 Å². The monoisotopic (exact) mass is 297 g/mol. The van der Waals surface area contributed by atoms with Gasteiger partial charge in [-0.1, -0.05) is 20.8 Å². The first-order valence-corrected chi connectivity index (χ1v) is 8.15. The fraction of sp³-hybridized carbons (Fsp3) is 0.875. The maximum Gasteiger partial charge on any atom is 0.225 e. The molecule has 122 valence electrons. The van der Waals surface area contributed by atoms with Gasteiger partial charge >= 0.3 is 0 Å². The van der Waals surface area contributed by atoms with Gasteiger partial charge in [0.25, 0.3) is 0 Å². The molecule has 1 fully saturated rings. The fourth-order valence-electron chi connectivity index (χ4n) is 2.39. The van der Waals surface area contributed by atoms with Gasteiger partial charge in [-0.05, 0) is 44.7 Å². The van der Waals surface area contributed by atoms with Gasteiger partial charge in [0.2, 0.25) is 11.8 Å². The quantitative estimate of drug-likeness (QED) is 0.623. The highest BCUT2D eigenvalue weighted by atomic mass is 16.2. The zero-order valence-corrected chi connectivity index (χ0v) is 13.8. The highest BCUT2D eigenvalue weighted by Crippen LogP contribution is 2.13. The fourth-order valence-corrected chi connectivity index (χ4v) is 2.39. The number of carbonyl (C=O) groups excluding carboxylic acids is 2. The van der Waals surface area contributed by atoms with Crippen LogP contribution < -0.4 is 16.0 Å². The SMILES string of the molecule is CC(C)(C)C(=O)NCCCC(=O)NCCC1CCCNC1. The molecule has 1 heterocycles. The molecule has 0 spiro atoms. The molecule has 5 nitrogen and oxygen atoms in total. The molecule has 1 rings (SSSR count). The van der Waals surface area contributed by atoms with E-state index >= 15 is 0 Å². The van der Waals surface area contributed by atoms with E-state index < -0.39 is 0 Å². The number of carbonyl (C=O) groups is 2. The molecule has 1 saturated heterocycles. The van der Waals surface area contributed by atoms with E-state index in [1.165, 1.54) is 12.8 Å². The first-order valence-electron chi connectivity index (χ1n) is 8.15. The smallest absolute Gasteiger partial charge is 0.225 e. The van der Waals surface area contributed by atoms with E-state index in [-0.39, 0.29) is 17.2 Å². The second-order valence-corrected chi connectivity index (χ2v) is 6.96. The minimum absolute atomic E-state index is 0.0349. The summed E-state index contributed by atoms with van der Waals surface area (Å²) in [5, 5.41) is 9.21. The molecule has 1 aliphatic rings. The predicted molar refractivity (Wildman–Crippen MR) is 84.9 cm³/mol. The van der Waals surface area contributed by atoms with Crippen molar-refractivity contribution in [3.05, 3.63) is 0 Å². The van der Waals surface area contributed by atoms with Crippen molar-refractivity contribution >= 4 is 11.8 Å². The second kappa shape index (κ2) is 9.03. The molecule has 1 atom stereocenters. The summed E-state index contributed by atoms with van der Waals surface area (Å²) < 4.78 is 0. The van der Waals surface area contributed by atoms with Crippen molar-refractivity contribution in [2.75, 3.05) is 26.2 Å². The molecular formula is C16H31N3O2. The van der Waals surface area contributed by atoms with E-state index in [0.717, 1.165) is 26.1 Å². The Bertz CT molecular complexity index is 331. The average Bonchev–Trinajstić information content (AvgIpc) is 2.43. The Hall–Kier alpha value is -1.10. The third kappa shape index (κ3) is 8.05. The van der Waals surface area contributed by atoms with Crippen LogP contribution in [0.5, 0.6) is 0 Å². The van der Waals surface area contributed by atoms with Crippen LogP contribution >= 0.6 is 0 Å². The summed E-state index contributed by atoms with van der Waals surface area (Å²) in [7, 11) is 0. The minimum Gasteiger partial charge on any atom is -0.356 e. The maximum absolute atomic E-state index is 11.7. The molecule has 0 saturated carbocycles. The van der Waals surface area contributed by atoms with Gasteiger partial charge in [-0.2, -0.15) is 0 Å². The van der Waals surface area contributed by atoms with Gasteiger partial charge in [0.1, 0.15) is 0 Å². The van der Waals surface area contributed by atoms with E-state index in [2.05, 4.69) is 16.0 Å². The van der Waals surface area contributed by atoms with Crippen molar-refractivity contribution in [1.29, 1.82) is 0 Å². The lowest BCUT2D eigenvalue weighted by Gasteiger charge is -2.22. The molecule has 1 unspecified atom stereocenters. The van der Waals surface area contributed by atoms with Gasteiger partial charge < -0.3 is 16.0 Å². The number of rotatable bonds is 7. The summed E-state index contributed by atoms with van der Waals surface area (Å²) >= 11 is 0. The summed E-state index contributed by atoms with van der Waals surface area (Å²) in [4.78, 5) is 23.3. The number of amides is 2. The van der Waals surface area contributed by atoms with Crippen molar-refractivity contribution < 1.29 is 9.59 Å². The zero-order valence-electron chi connectivity index (χ0n) is 13.8. The van der Waals surface area contributed by atoms with E-state index in [1.54, 1.807) is 0 Å². The standard InChI is InChI=1S/C16H31N3O2/c1-16(2,3)15(21)19-10-5-7-14(20)18-11-8-13-6-4-9-17-12-13/h13,17H,4-12H2,1-3H3,(H,18,20)(H,19,21). The molecule has 5 heteroatoms. The Morgan fingerprint density at radius 2 is 1.95 bits per heavy atom. The van der Waals surface area contributed by atoms with Crippen molar-refractivity contribution in [1.82, 2.24) is 16.0 Å². The van der Waals surface area contributed by atoms with E-state index in [0.29, 0.717) is 25.3 Å². The summed E-state index contributed by atoms with van der Waals surface area (Å²) in [6, 6.07) is 0. The number of hydrogen-bond acceptors (Lipinski definition) is 3. The zero-order chi connectivity index (χ0) is 15.7. The lowest BCUT2D eigenvalue weighted by molar-refractivity contribution is -0.128. The largest absolute Gasteiger partial charge is 0.356 e. The molecule has 0 aliphatic carbocycles. The van der Waals surface area contributed by atoms with Crippen LogP contribution in [0, 0.1) is 11.3 Å². The van der Waals surface area contributed by atoms with Crippen molar-refractivity contribution in [2.24, 2.45) is 11.3 Å². The summed E-state index contributed by atoms with van der Waals surface area (Å²) in [5.74, 6) is 0.821. The normalized spacial score (nSPS) is 19.1. The topological polar surface area (TPSA) is 70.2 Å². The van der Waals surface area contributed by atoms with Gasteiger partial charge in [0.15, 0.2) is 0 Å². The van der Waals surface area contributed by atoms with Crippen LogP contribution in [0.25, 0.3) is 0 Å². The average molecular weight is 297 g/mol. The van der Waals surface area contributed by atoms with E-state index in [9.17, 15) is 9.59 Å². The van der Waals surface area contributed by atoms with Gasteiger partial charge in [-0.3, -0.25) is 9.59 Å². The second-order valence-electron chi connectivity index (χ2n) is 6.96. The summed E-state index contributed by atoms with van der Waals surface area (Å²) in [6.07, 6.45) is 4.74. The molecule has 21 heavy (non-hydrogen) atoms. The third-order valence-electron chi connectivity index (χ3n) is 3.82. The Morgan fingerprint density at radius 1 is 1.19 bits per heavy atom. The summed E-state index contributed by atoms with van der Waals surface area (Å²) in [5.41, 5.74) is -0.365. The van der Waals surface area contributed by atoms with E-state index in [1.807, 2.05) is 20.8 Å². The minimum atomic E-state index is -0.365. The molecule has 0 aromatic heterocycles. The first-order chi connectivity index (χ1) is 9.89. The molecule has 0 aromatic carbocycles. The predicted octanol–water partition coefficient (Wildman–Crippen LogP) is 1.43. The summed E-state index contributed by atoms with van der Waals surface area (Å²) in [6.45, 7) is 9.19. The highest BCUT2D eigenvalue weighted by molar-refractivity contribution is 5.81. The van der Waals surface area contributed by atoms with E-state index in [4.69, 9.17) is 0 Å². The van der Waals surface area contributed by atoms with Crippen molar-refractivity contribution in [2.45, 2.75) is 52.9 Å². The Balaban J connectivity index is 2.00. The third-order valence-corrected chi connectivity index (χ3v) is 3.82. The van der Waals surface area contributed by atoms with Gasteiger partial charge in [0.05, 0.1) is 0 Å². The van der Waals surface area contributed by atoms with Crippen molar-refractivity contribution in [3.63, 3.8) is 0 Å². The molecular weight excluding hydrogens is 266 g/mol. The van der Waals surface area contributed by atoms with Gasteiger partial charge in [-0.15, -0.1) is 0 Å². The highest BCUT2D eigenvalue weighted by Gasteiger charge is 2.20. The van der Waals surface area contributed by atoms with Crippen LogP contribution in [0.1, 0.15) is 52.9 Å². The van der Waals surface area contributed by atoms with Crippen LogP contribution in [-0.2, 0) is 9.59 Å². The maximum atomic E-state index is 11.7. The van der Waals surface area contributed by atoms with Crippen molar-refractivity contribution in [3.8, 4) is 0 Å². The Labute approximate surface area is 128 Å².